The second kappa shape index (κ2) is 6.35. The maximum absolute atomic E-state index is 14.9. The van der Waals surface area contributed by atoms with Crippen LogP contribution in [0.2, 0.25) is 0 Å². The third kappa shape index (κ3) is 2.77. The van der Waals surface area contributed by atoms with Crippen molar-refractivity contribution in [2.75, 3.05) is 11.9 Å². The van der Waals surface area contributed by atoms with E-state index in [-0.39, 0.29) is 11.7 Å². The summed E-state index contributed by atoms with van der Waals surface area (Å²) in [5.74, 6) is -0.115. The first kappa shape index (κ1) is 17.0. The Bertz CT molecular complexity index is 1180. The van der Waals surface area contributed by atoms with Gasteiger partial charge in [0.25, 0.3) is 0 Å². The Morgan fingerprint density at radius 2 is 2.22 bits per heavy atom. The standard InChI is InChI=1S/C18H17FN6O2/c1-4-27-18-16(19)9(2)15(11-7-20-23-17(11)18)12-5-6-14-22-13(21-10(3)26)8-25(14)24-12/h5-8H,4H2,1-3H3,(H,20,23)(H,21,26). The van der Waals surface area contributed by atoms with Crippen LogP contribution in [0.5, 0.6) is 5.75 Å². The lowest BCUT2D eigenvalue weighted by Crippen LogP contribution is -2.05. The summed E-state index contributed by atoms with van der Waals surface area (Å²) in [6.07, 6.45) is 3.23. The Balaban J connectivity index is 1.91. The SMILES string of the molecule is CCOc1c(F)c(C)c(-c2ccc3nc(NC(C)=O)cn3n2)c2cn[nH]c12. The fraction of sp³-hybridized carbons (Fsp3) is 0.222. The number of hydrogen-bond acceptors (Lipinski definition) is 5. The molecule has 3 heterocycles. The van der Waals surface area contributed by atoms with E-state index in [4.69, 9.17) is 4.74 Å². The lowest BCUT2D eigenvalue weighted by Gasteiger charge is -2.13. The first-order chi connectivity index (χ1) is 13.0. The zero-order valence-electron chi connectivity index (χ0n) is 15.0. The van der Waals surface area contributed by atoms with Crippen molar-refractivity contribution in [2.24, 2.45) is 0 Å². The Labute approximate surface area is 153 Å². The lowest BCUT2D eigenvalue weighted by atomic mass is 9.99. The lowest BCUT2D eigenvalue weighted by molar-refractivity contribution is -0.114. The smallest absolute Gasteiger partial charge is 0.222 e. The van der Waals surface area contributed by atoms with Gasteiger partial charge in [-0.2, -0.15) is 10.2 Å². The van der Waals surface area contributed by atoms with E-state index in [1.807, 2.05) is 0 Å². The molecule has 4 aromatic rings. The molecule has 0 fully saturated rings. The quantitative estimate of drug-likeness (QED) is 0.577. The number of carbonyl (C=O) groups is 1. The number of rotatable bonds is 4. The Morgan fingerprint density at radius 1 is 1.41 bits per heavy atom. The van der Waals surface area contributed by atoms with E-state index in [1.165, 1.54) is 6.92 Å². The maximum atomic E-state index is 14.9. The molecule has 8 nitrogen and oxygen atoms in total. The average molecular weight is 368 g/mol. The van der Waals surface area contributed by atoms with E-state index in [0.29, 0.717) is 45.8 Å². The molecule has 0 saturated heterocycles. The number of anilines is 1. The fourth-order valence-corrected chi connectivity index (χ4v) is 3.11. The average Bonchev–Trinajstić information content (AvgIpc) is 3.24. The van der Waals surface area contributed by atoms with Gasteiger partial charge in [-0.05, 0) is 31.5 Å². The van der Waals surface area contributed by atoms with E-state index >= 15 is 0 Å². The number of aromatic amines is 1. The third-order valence-corrected chi connectivity index (χ3v) is 4.21. The summed E-state index contributed by atoms with van der Waals surface area (Å²) in [4.78, 5) is 15.5. The molecular formula is C18H17FN6O2. The summed E-state index contributed by atoms with van der Waals surface area (Å²) in [5, 5.41) is 14.7. The Morgan fingerprint density at radius 3 is 2.96 bits per heavy atom. The van der Waals surface area contributed by atoms with Crippen molar-refractivity contribution in [1.82, 2.24) is 24.8 Å². The van der Waals surface area contributed by atoms with Crippen LogP contribution in [0, 0.1) is 12.7 Å². The number of benzene rings is 1. The molecule has 0 unspecified atom stereocenters. The van der Waals surface area contributed by atoms with Crippen LogP contribution in [0.4, 0.5) is 10.2 Å². The fourth-order valence-electron chi connectivity index (χ4n) is 3.11. The Kier molecular flexibility index (Phi) is 3.98. The molecular weight excluding hydrogens is 351 g/mol. The van der Waals surface area contributed by atoms with E-state index < -0.39 is 5.82 Å². The normalized spacial score (nSPS) is 11.3. The van der Waals surface area contributed by atoms with Crippen molar-refractivity contribution in [3.8, 4) is 17.0 Å². The van der Waals surface area contributed by atoms with Crippen molar-refractivity contribution in [3.63, 3.8) is 0 Å². The van der Waals surface area contributed by atoms with Crippen LogP contribution in [0.1, 0.15) is 19.4 Å². The number of amides is 1. The molecule has 138 valence electrons. The van der Waals surface area contributed by atoms with Gasteiger partial charge in [0, 0.05) is 17.9 Å². The molecule has 2 N–H and O–H groups in total. The summed E-state index contributed by atoms with van der Waals surface area (Å²) in [6.45, 7) is 5.23. The molecule has 1 amide bonds. The van der Waals surface area contributed by atoms with Gasteiger partial charge in [0.2, 0.25) is 5.91 Å². The highest BCUT2D eigenvalue weighted by molar-refractivity contribution is 5.98. The highest BCUT2D eigenvalue weighted by Gasteiger charge is 2.21. The van der Waals surface area contributed by atoms with Crippen LogP contribution < -0.4 is 10.1 Å². The van der Waals surface area contributed by atoms with E-state index in [1.54, 1.807) is 42.9 Å². The number of H-pyrrole nitrogens is 1. The zero-order chi connectivity index (χ0) is 19.1. The van der Waals surface area contributed by atoms with Gasteiger partial charge in [-0.1, -0.05) is 0 Å². The van der Waals surface area contributed by atoms with Crippen LogP contribution in [-0.4, -0.2) is 37.3 Å². The minimum Gasteiger partial charge on any atom is -0.489 e. The number of hydrogen-bond donors (Lipinski definition) is 2. The van der Waals surface area contributed by atoms with Crippen molar-refractivity contribution in [2.45, 2.75) is 20.8 Å². The maximum Gasteiger partial charge on any atom is 0.222 e. The zero-order valence-corrected chi connectivity index (χ0v) is 15.0. The number of aromatic nitrogens is 5. The topological polar surface area (TPSA) is 97.2 Å². The summed E-state index contributed by atoms with van der Waals surface area (Å²) < 4.78 is 21.9. The van der Waals surface area contributed by atoms with Gasteiger partial charge in [-0.15, -0.1) is 0 Å². The molecule has 3 aromatic heterocycles. The van der Waals surface area contributed by atoms with E-state index in [0.717, 1.165) is 0 Å². The second-order valence-electron chi connectivity index (χ2n) is 6.06. The van der Waals surface area contributed by atoms with Gasteiger partial charge >= 0.3 is 0 Å². The molecule has 27 heavy (non-hydrogen) atoms. The van der Waals surface area contributed by atoms with Gasteiger partial charge < -0.3 is 10.1 Å². The van der Waals surface area contributed by atoms with Crippen LogP contribution in [-0.2, 0) is 4.79 Å². The number of carbonyl (C=O) groups excluding carboxylic acids is 1. The summed E-state index contributed by atoms with van der Waals surface area (Å²) >= 11 is 0. The minimum atomic E-state index is -0.449. The molecule has 9 heteroatoms. The van der Waals surface area contributed by atoms with Crippen molar-refractivity contribution < 1.29 is 13.9 Å². The largest absolute Gasteiger partial charge is 0.489 e. The molecule has 0 aliphatic heterocycles. The van der Waals surface area contributed by atoms with Crippen LogP contribution in [0.25, 0.3) is 27.8 Å². The number of nitrogens with one attached hydrogen (secondary N) is 2. The van der Waals surface area contributed by atoms with Crippen molar-refractivity contribution in [1.29, 1.82) is 0 Å². The highest BCUT2D eigenvalue weighted by Crippen LogP contribution is 2.38. The molecule has 0 aliphatic carbocycles. The molecule has 0 bridgehead atoms. The van der Waals surface area contributed by atoms with Crippen LogP contribution >= 0.6 is 0 Å². The first-order valence-corrected chi connectivity index (χ1v) is 8.42. The summed E-state index contributed by atoms with van der Waals surface area (Å²) in [7, 11) is 0. The second-order valence-corrected chi connectivity index (χ2v) is 6.06. The van der Waals surface area contributed by atoms with Gasteiger partial charge in [0.15, 0.2) is 23.0 Å². The molecule has 1 aromatic carbocycles. The van der Waals surface area contributed by atoms with Gasteiger partial charge in [-0.25, -0.2) is 13.9 Å². The van der Waals surface area contributed by atoms with Crippen LogP contribution in [0.15, 0.2) is 24.5 Å². The highest BCUT2D eigenvalue weighted by atomic mass is 19.1. The number of halogens is 1. The van der Waals surface area contributed by atoms with Gasteiger partial charge in [0.05, 0.1) is 24.7 Å². The molecule has 0 atom stereocenters. The Hall–Kier alpha value is -3.49. The predicted molar refractivity (Wildman–Crippen MR) is 98.2 cm³/mol. The van der Waals surface area contributed by atoms with Crippen molar-refractivity contribution >= 4 is 28.3 Å². The van der Waals surface area contributed by atoms with Gasteiger partial charge in [0.1, 0.15) is 5.52 Å². The molecule has 4 rings (SSSR count). The number of fused-ring (bicyclic) bond motifs is 2. The number of imidazole rings is 1. The monoisotopic (exact) mass is 368 g/mol. The first-order valence-electron chi connectivity index (χ1n) is 8.42. The summed E-state index contributed by atoms with van der Waals surface area (Å²) in [6, 6.07) is 3.52. The molecule has 0 aliphatic rings. The number of ether oxygens (including phenoxy) is 1. The van der Waals surface area contributed by atoms with E-state index in [2.05, 4.69) is 25.6 Å². The van der Waals surface area contributed by atoms with E-state index in [9.17, 15) is 9.18 Å². The summed E-state index contributed by atoms with van der Waals surface area (Å²) in [5.41, 5.74) is 2.65. The number of nitrogens with zero attached hydrogens (tertiary/aromatic N) is 4. The van der Waals surface area contributed by atoms with Crippen LogP contribution in [0.3, 0.4) is 0 Å². The predicted octanol–water partition coefficient (Wildman–Crippen LogP) is 3.08. The molecule has 0 saturated carbocycles. The van der Waals surface area contributed by atoms with Gasteiger partial charge in [-0.3, -0.25) is 9.89 Å². The van der Waals surface area contributed by atoms with Crippen molar-refractivity contribution in [3.05, 3.63) is 35.9 Å². The third-order valence-electron chi connectivity index (χ3n) is 4.21. The molecule has 0 spiro atoms. The minimum absolute atomic E-state index is 0.155. The molecule has 0 radical (unpaired) electrons.